The Balaban J connectivity index is 0.00000140. The van der Waals surface area contributed by atoms with E-state index in [9.17, 15) is 0 Å². The van der Waals surface area contributed by atoms with Gasteiger partial charge in [-0.15, -0.1) is 0 Å². The van der Waals surface area contributed by atoms with Gasteiger partial charge in [0, 0.05) is 67.4 Å². The summed E-state index contributed by atoms with van der Waals surface area (Å²) in [6.07, 6.45) is 10.5. The molecule has 2 bridgehead atoms. The number of rotatable bonds is 0. The molecule has 4 N–H and O–H groups in total. The summed E-state index contributed by atoms with van der Waals surface area (Å²) >= 11 is 0. The van der Waals surface area contributed by atoms with Crippen LogP contribution < -0.4 is 21.3 Å². The van der Waals surface area contributed by atoms with Crippen molar-refractivity contribution >= 4 is 0 Å². The molecule has 4 atom stereocenters. The maximum atomic E-state index is 4.89. The summed E-state index contributed by atoms with van der Waals surface area (Å²) in [4.78, 5) is 4.89. The van der Waals surface area contributed by atoms with Crippen LogP contribution in [0.2, 0.25) is 0 Å². The maximum Gasteiger partial charge on any atom is 0.0545 e. The third-order valence-corrected chi connectivity index (χ3v) is 6.43. The van der Waals surface area contributed by atoms with E-state index in [4.69, 9.17) is 4.98 Å². The van der Waals surface area contributed by atoms with Crippen LogP contribution in [0.15, 0.2) is 18.2 Å². The van der Waals surface area contributed by atoms with E-state index in [0.717, 1.165) is 26.2 Å². The van der Waals surface area contributed by atoms with Crippen molar-refractivity contribution in [2.45, 2.75) is 88.6 Å². The predicted molar refractivity (Wildman–Crippen MR) is 119 cm³/mol. The zero-order valence-electron chi connectivity index (χ0n) is 18.4. The van der Waals surface area contributed by atoms with E-state index in [1.165, 1.54) is 62.8 Å². The number of aromatic nitrogens is 1. The van der Waals surface area contributed by atoms with Crippen LogP contribution in [0, 0.1) is 14.9 Å². The molecule has 1 unspecified atom stereocenters. The second-order valence-corrected chi connectivity index (χ2v) is 8.29. The fourth-order valence-corrected chi connectivity index (χ4v) is 4.95. The van der Waals surface area contributed by atoms with Crippen molar-refractivity contribution in [1.29, 1.82) is 0 Å². The summed E-state index contributed by atoms with van der Waals surface area (Å²) in [6.45, 7) is 3.89. The molecular formula is C23H41MnN5-2. The van der Waals surface area contributed by atoms with Crippen molar-refractivity contribution < 1.29 is 17.1 Å². The third-order valence-electron chi connectivity index (χ3n) is 6.43. The Bertz CT molecular complexity index is 525. The van der Waals surface area contributed by atoms with E-state index in [2.05, 4.69) is 39.5 Å². The Labute approximate surface area is 189 Å². The SMILES string of the molecule is [CH3-].[CH3-].[Mn].c1cc2nc(c1)CN[C@@H]1CCCC[C@H]1NCCNC1CCCC[C@H]1NC2. The van der Waals surface area contributed by atoms with E-state index in [0.29, 0.717) is 24.2 Å². The van der Waals surface area contributed by atoms with E-state index >= 15 is 0 Å². The first-order chi connectivity index (χ1) is 12.9. The minimum Gasteiger partial charge on any atom is -0.358 e. The quantitative estimate of drug-likeness (QED) is 0.368. The zero-order valence-corrected chi connectivity index (χ0v) is 19.5. The average Bonchev–Trinajstić information content (AvgIpc) is 2.69. The monoisotopic (exact) mass is 442 g/mol. The molecule has 4 rings (SSSR count). The molecule has 0 spiro atoms. The average molecular weight is 443 g/mol. The molecule has 6 heteroatoms. The number of fused-ring (bicyclic) bond motifs is 4. The van der Waals surface area contributed by atoms with Gasteiger partial charge in [0.1, 0.15) is 0 Å². The largest absolute Gasteiger partial charge is 0.358 e. The molecule has 2 fully saturated rings. The van der Waals surface area contributed by atoms with Crippen LogP contribution >= 0.6 is 0 Å². The van der Waals surface area contributed by atoms with Gasteiger partial charge >= 0.3 is 0 Å². The minimum absolute atomic E-state index is 0. The second kappa shape index (κ2) is 13.7. The van der Waals surface area contributed by atoms with Gasteiger partial charge in [0.2, 0.25) is 0 Å². The zero-order chi connectivity index (χ0) is 17.6. The molecule has 2 heterocycles. The molecule has 1 aliphatic heterocycles. The van der Waals surface area contributed by atoms with Crippen LogP contribution in [0.5, 0.6) is 0 Å². The van der Waals surface area contributed by atoms with Gasteiger partial charge in [-0.25, -0.2) is 0 Å². The summed E-state index contributed by atoms with van der Waals surface area (Å²) in [5, 5.41) is 15.2. The fraction of sp³-hybridized carbons (Fsp3) is 0.696. The minimum atomic E-state index is 0. The van der Waals surface area contributed by atoms with Crippen molar-refractivity contribution in [3.05, 3.63) is 44.4 Å². The van der Waals surface area contributed by atoms with Crippen LogP contribution in [0.1, 0.15) is 62.8 Å². The standard InChI is InChI=1S/C21H35N5.2CH3.Mn/c1-3-10-20-18(8-1)22-12-13-23-19-9-2-4-11-21(19)25-15-17-7-5-6-16(26-17)14-24-20;;;/h5-7,18-25H,1-4,8-15H2;2*1H3;/q;2*-1;/t18-,19?,20-,21-;;;/m1.../s1. The molecular weight excluding hydrogens is 401 g/mol. The van der Waals surface area contributed by atoms with Gasteiger partial charge in [0.15, 0.2) is 0 Å². The van der Waals surface area contributed by atoms with Gasteiger partial charge in [0.25, 0.3) is 0 Å². The van der Waals surface area contributed by atoms with Gasteiger partial charge in [-0.05, 0) is 37.8 Å². The molecule has 29 heavy (non-hydrogen) atoms. The number of nitrogens with zero attached hydrogens (tertiary/aromatic N) is 1. The first-order valence-corrected chi connectivity index (χ1v) is 10.8. The molecule has 0 aromatic carbocycles. The molecule has 0 saturated heterocycles. The molecule has 0 amide bonds. The molecule has 3 aliphatic rings. The molecule has 2 saturated carbocycles. The van der Waals surface area contributed by atoms with Crippen molar-refractivity contribution in [1.82, 2.24) is 26.3 Å². The Morgan fingerprint density at radius 2 is 1.00 bits per heavy atom. The van der Waals surface area contributed by atoms with Crippen LogP contribution in [-0.4, -0.2) is 42.2 Å². The van der Waals surface area contributed by atoms with E-state index in [-0.39, 0.29) is 31.9 Å². The maximum absolute atomic E-state index is 4.89. The molecule has 167 valence electrons. The number of pyridine rings is 1. The van der Waals surface area contributed by atoms with Crippen molar-refractivity contribution in [3.63, 3.8) is 0 Å². The number of hydrogen-bond acceptors (Lipinski definition) is 5. The first kappa shape index (κ1) is 26.5. The van der Waals surface area contributed by atoms with Gasteiger partial charge in [-0.1, -0.05) is 31.7 Å². The summed E-state index contributed by atoms with van der Waals surface area (Å²) in [5.41, 5.74) is 2.34. The van der Waals surface area contributed by atoms with Crippen LogP contribution in [0.25, 0.3) is 0 Å². The Hall–Kier alpha value is -0.491. The fourth-order valence-electron chi connectivity index (χ4n) is 4.95. The number of nitrogens with one attached hydrogen (secondary N) is 4. The van der Waals surface area contributed by atoms with Gasteiger partial charge < -0.3 is 36.1 Å². The first-order valence-electron chi connectivity index (χ1n) is 10.8. The van der Waals surface area contributed by atoms with E-state index < -0.39 is 0 Å². The summed E-state index contributed by atoms with van der Waals surface area (Å²) in [7, 11) is 0. The molecule has 1 radical (unpaired) electrons. The van der Waals surface area contributed by atoms with Crippen LogP contribution in [0.3, 0.4) is 0 Å². The van der Waals surface area contributed by atoms with Crippen molar-refractivity contribution in [3.8, 4) is 0 Å². The topological polar surface area (TPSA) is 61.0 Å². The second-order valence-electron chi connectivity index (χ2n) is 8.29. The Kier molecular flexibility index (Phi) is 12.6. The van der Waals surface area contributed by atoms with Crippen LogP contribution in [-0.2, 0) is 30.2 Å². The Morgan fingerprint density at radius 3 is 1.41 bits per heavy atom. The van der Waals surface area contributed by atoms with Gasteiger partial charge in [0.05, 0.1) is 11.4 Å². The van der Waals surface area contributed by atoms with E-state index in [1.807, 2.05) is 0 Å². The summed E-state index contributed by atoms with van der Waals surface area (Å²) in [5.74, 6) is 0. The van der Waals surface area contributed by atoms with Crippen LogP contribution in [0.4, 0.5) is 0 Å². The van der Waals surface area contributed by atoms with Gasteiger partial charge in [-0.2, -0.15) is 0 Å². The predicted octanol–water partition coefficient (Wildman–Crippen LogP) is 2.97. The van der Waals surface area contributed by atoms with Crippen molar-refractivity contribution in [2.24, 2.45) is 0 Å². The molecule has 2 aliphatic carbocycles. The van der Waals surface area contributed by atoms with Gasteiger partial charge in [-0.3, -0.25) is 4.98 Å². The normalized spacial score (nSPS) is 30.5. The number of hydrogen-bond donors (Lipinski definition) is 4. The molecule has 1 aromatic rings. The third kappa shape index (κ3) is 7.61. The Morgan fingerprint density at radius 1 is 0.621 bits per heavy atom. The molecule has 1 aromatic heterocycles. The smallest absolute Gasteiger partial charge is 0.0545 e. The van der Waals surface area contributed by atoms with E-state index in [1.54, 1.807) is 0 Å². The molecule has 5 nitrogen and oxygen atoms in total. The van der Waals surface area contributed by atoms with Crippen molar-refractivity contribution in [2.75, 3.05) is 13.1 Å². The summed E-state index contributed by atoms with van der Waals surface area (Å²) in [6, 6.07) is 8.81. The summed E-state index contributed by atoms with van der Waals surface area (Å²) < 4.78 is 0.